The molecule has 0 N–H and O–H groups in total. The standard InChI is InChI=1S/C11H16.C4H4N2O2/c1-7-6-8(2)10(4)11(5)9(7)3;7-3-5-1-2-6-4-8/h6H,1-5H3;1-2H2. The van der Waals surface area contributed by atoms with Crippen LogP contribution in [0.2, 0.25) is 0 Å². The highest BCUT2D eigenvalue weighted by molar-refractivity contribution is 5.42. The lowest BCUT2D eigenvalue weighted by Gasteiger charge is -2.10. The summed E-state index contributed by atoms with van der Waals surface area (Å²) in [5, 5.41) is 0. The van der Waals surface area contributed by atoms with Crippen molar-refractivity contribution in [3.05, 3.63) is 33.9 Å². The fourth-order valence-electron chi connectivity index (χ4n) is 1.61. The van der Waals surface area contributed by atoms with Crippen LogP contribution in [0.15, 0.2) is 16.1 Å². The van der Waals surface area contributed by atoms with Gasteiger partial charge in [-0.1, -0.05) is 6.07 Å². The zero-order valence-corrected chi connectivity index (χ0v) is 12.2. The molecular weight excluding hydrogens is 240 g/mol. The fraction of sp³-hybridized carbons (Fsp3) is 0.467. The Hall–Kier alpha value is -2.02. The molecule has 0 fully saturated rings. The van der Waals surface area contributed by atoms with Gasteiger partial charge in [-0.15, -0.1) is 0 Å². The third kappa shape index (κ3) is 5.91. The lowest BCUT2D eigenvalue weighted by Crippen LogP contribution is -1.93. The number of hydrogen-bond acceptors (Lipinski definition) is 4. The minimum absolute atomic E-state index is 0.221. The molecule has 1 rings (SSSR count). The zero-order chi connectivity index (χ0) is 14.8. The van der Waals surface area contributed by atoms with Crippen molar-refractivity contribution in [1.82, 2.24) is 0 Å². The first kappa shape index (κ1) is 17.0. The minimum atomic E-state index is 0.221. The molecule has 0 heterocycles. The molecular formula is C15H20N2O2. The van der Waals surface area contributed by atoms with Crippen LogP contribution in [0.1, 0.15) is 27.8 Å². The lowest BCUT2D eigenvalue weighted by molar-refractivity contribution is 0.560. The van der Waals surface area contributed by atoms with E-state index in [0.717, 1.165) is 0 Å². The normalized spacial score (nSPS) is 8.68. The molecule has 0 aliphatic heterocycles. The monoisotopic (exact) mass is 260 g/mol. The van der Waals surface area contributed by atoms with Gasteiger partial charge in [0.05, 0.1) is 13.1 Å². The number of carbonyl (C=O) groups excluding carboxylic acids is 2. The van der Waals surface area contributed by atoms with E-state index in [9.17, 15) is 9.59 Å². The number of benzene rings is 1. The van der Waals surface area contributed by atoms with Crippen molar-refractivity contribution in [2.75, 3.05) is 13.1 Å². The first-order valence-electron chi connectivity index (χ1n) is 6.07. The van der Waals surface area contributed by atoms with Gasteiger partial charge in [0.2, 0.25) is 12.2 Å². The van der Waals surface area contributed by atoms with E-state index in [0.29, 0.717) is 0 Å². The third-order valence-electron chi connectivity index (χ3n) is 3.19. The Morgan fingerprint density at radius 2 is 1.16 bits per heavy atom. The smallest absolute Gasteiger partial charge is 0.211 e. The highest BCUT2D eigenvalue weighted by atomic mass is 16.1. The van der Waals surface area contributed by atoms with Crippen LogP contribution in [-0.4, -0.2) is 25.2 Å². The fourth-order valence-corrected chi connectivity index (χ4v) is 1.61. The maximum absolute atomic E-state index is 9.34. The molecule has 0 aliphatic rings. The molecule has 1 aromatic rings. The van der Waals surface area contributed by atoms with E-state index >= 15 is 0 Å². The van der Waals surface area contributed by atoms with Gasteiger partial charge in [0.1, 0.15) is 0 Å². The minimum Gasteiger partial charge on any atom is -0.211 e. The molecule has 0 saturated heterocycles. The molecule has 19 heavy (non-hydrogen) atoms. The predicted molar refractivity (Wildman–Crippen MR) is 76.1 cm³/mol. The molecule has 0 saturated carbocycles. The summed E-state index contributed by atoms with van der Waals surface area (Å²) in [5.41, 5.74) is 7.14. The summed E-state index contributed by atoms with van der Waals surface area (Å²) in [5.74, 6) is 0. The van der Waals surface area contributed by atoms with Gasteiger partial charge in [-0.05, 0) is 62.4 Å². The summed E-state index contributed by atoms with van der Waals surface area (Å²) in [7, 11) is 0. The Morgan fingerprint density at radius 3 is 1.47 bits per heavy atom. The molecule has 4 nitrogen and oxygen atoms in total. The van der Waals surface area contributed by atoms with E-state index in [2.05, 4.69) is 50.7 Å². The molecule has 0 atom stereocenters. The molecule has 4 heteroatoms. The summed E-state index contributed by atoms with van der Waals surface area (Å²) in [6.45, 7) is 11.4. The van der Waals surface area contributed by atoms with Crippen molar-refractivity contribution in [1.29, 1.82) is 0 Å². The highest BCUT2D eigenvalue weighted by Gasteiger charge is 2.02. The Balaban J connectivity index is 0.000000362. The number of aryl methyl sites for hydroxylation is 2. The Labute approximate surface area is 114 Å². The van der Waals surface area contributed by atoms with Crippen LogP contribution in [0.3, 0.4) is 0 Å². The van der Waals surface area contributed by atoms with Crippen molar-refractivity contribution < 1.29 is 9.59 Å². The topological polar surface area (TPSA) is 58.9 Å². The zero-order valence-electron chi connectivity index (χ0n) is 12.2. The molecule has 0 aliphatic carbocycles. The second kappa shape index (κ2) is 8.98. The van der Waals surface area contributed by atoms with Crippen LogP contribution < -0.4 is 0 Å². The van der Waals surface area contributed by atoms with Crippen molar-refractivity contribution in [2.45, 2.75) is 34.6 Å². The Bertz CT molecular complexity index is 479. The molecule has 0 radical (unpaired) electrons. The largest absolute Gasteiger partial charge is 0.235 e. The van der Waals surface area contributed by atoms with E-state index in [-0.39, 0.29) is 13.1 Å². The number of aliphatic imine (C=N–C) groups is 2. The van der Waals surface area contributed by atoms with Gasteiger partial charge in [-0.2, -0.15) is 0 Å². The van der Waals surface area contributed by atoms with Gasteiger partial charge < -0.3 is 0 Å². The van der Waals surface area contributed by atoms with E-state index in [4.69, 9.17) is 0 Å². The summed E-state index contributed by atoms with van der Waals surface area (Å²) in [6, 6.07) is 2.26. The van der Waals surface area contributed by atoms with Crippen molar-refractivity contribution in [3.8, 4) is 0 Å². The third-order valence-corrected chi connectivity index (χ3v) is 3.19. The molecule has 0 unspecified atom stereocenters. The van der Waals surface area contributed by atoms with Crippen LogP contribution >= 0.6 is 0 Å². The average molecular weight is 260 g/mol. The van der Waals surface area contributed by atoms with Crippen molar-refractivity contribution >= 4 is 12.2 Å². The number of isocyanates is 2. The maximum Gasteiger partial charge on any atom is 0.235 e. The first-order chi connectivity index (χ1) is 8.95. The maximum atomic E-state index is 9.34. The van der Waals surface area contributed by atoms with Gasteiger partial charge in [0.25, 0.3) is 0 Å². The molecule has 0 amide bonds. The van der Waals surface area contributed by atoms with Gasteiger partial charge in [-0.3, -0.25) is 0 Å². The van der Waals surface area contributed by atoms with Crippen LogP contribution in [0, 0.1) is 34.6 Å². The quantitative estimate of drug-likeness (QED) is 0.476. The van der Waals surface area contributed by atoms with Gasteiger partial charge in [0.15, 0.2) is 0 Å². The summed E-state index contributed by atoms with van der Waals surface area (Å²) >= 11 is 0. The average Bonchev–Trinajstić information content (AvgIpc) is 2.40. The lowest BCUT2D eigenvalue weighted by atomic mass is 9.96. The first-order valence-corrected chi connectivity index (χ1v) is 6.07. The van der Waals surface area contributed by atoms with Crippen LogP contribution in [-0.2, 0) is 9.59 Å². The second-order valence-electron chi connectivity index (χ2n) is 4.33. The van der Waals surface area contributed by atoms with Crippen molar-refractivity contribution in [2.24, 2.45) is 9.98 Å². The van der Waals surface area contributed by atoms with Gasteiger partial charge >= 0.3 is 0 Å². The Morgan fingerprint density at radius 1 is 0.789 bits per heavy atom. The SMILES string of the molecule is Cc1cc(C)c(C)c(C)c1C.O=C=NCCN=C=O. The van der Waals surface area contributed by atoms with Crippen LogP contribution in [0.5, 0.6) is 0 Å². The summed E-state index contributed by atoms with van der Waals surface area (Å²) in [4.78, 5) is 24.9. The number of rotatable bonds is 3. The summed E-state index contributed by atoms with van der Waals surface area (Å²) in [6.07, 6.45) is 2.62. The van der Waals surface area contributed by atoms with Crippen molar-refractivity contribution in [3.63, 3.8) is 0 Å². The highest BCUT2D eigenvalue weighted by Crippen LogP contribution is 2.19. The van der Waals surface area contributed by atoms with Gasteiger partial charge in [-0.25, -0.2) is 19.6 Å². The summed E-state index contributed by atoms with van der Waals surface area (Å²) < 4.78 is 0. The molecule has 0 aromatic heterocycles. The number of nitrogens with zero attached hydrogens (tertiary/aromatic N) is 2. The van der Waals surface area contributed by atoms with Crippen LogP contribution in [0.4, 0.5) is 0 Å². The van der Waals surface area contributed by atoms with E-state index in [1.807, 2.05) is 0 Å². The van der Waals surface area contributed by atoms with Crippen LogP contribution in [0.25, 0.3) is 0 Å². The van der Waals surface area contributed by atoms with E-state index in [1.165, 1.54) is 40.0 Å². The molecule has 1 aromatic carbocycles. The van der Waals surface area contributed by atoms with E-state index in [1.54, 1.807) is 0 Å². The second-order valence-corrected chi connectivity index (χ2v) is 4.33. The molecule has 0 spiro atoms. The molecule has 102 valence electrons. The molecule has 0 bridgehead atoms. The Kier molecular flexibility index (Phi) is 8.03. The van der Waals surface area contributed by atoms with E-state index < -0.39 is 0 Å². The number of hydrogen-bond donors (Lipinski definition) is 0. The van der Waals surface area contributed by atoms with Gasteiger partial charge in [0, 0.05) is 0 Å². The predicted octanol–water partition coefficient (Wildman–Crippen LogP) is 2.89.